The second-order valence-electron chi connectivity index (χ2n) is 8.33. The number of hydrogen-bond donors (Lipinski definition) is 1. The predicted octanol–water partition coefficient (Wildman–Crippen LogP) is 4.12. The van der Waals surface area contributed by atoms with Crippen LogP contribution in [0.3, 0.4) is 0 Å². The average Bonchev–Trinajstić information content (AvgIpc) is 3.08. The standard InChI is InChI=1S/C24H38O6/c1-3-5-16-24(29,18-25)17-10-11-19-14-15-21(26)20(19)12-8-6-7-9-13-22(27)23(28)30-4-2/h10-11,18-20,29H,3-9,12-17H2,1-2H3/b11-10+/t19-,20+,24?/m0/s1. The maximum Gasteiger partial charge on any atom is 0.374 e. The van der Waals surface area contributed by atoms with E-state index in [1.54, 1.807) is 6.92 Å². The molecule has 0 aromatic rings. The quantitative estimate of drug-likeness (QED) is 0.132. The number of aldehydes is 1. The minimum absolute atomic E-state index is 0.00220. The summed E-state index contributed by atoms with van der Waals surface area (Å²) in [5.74, 6) is -0.756. The van der Waals surface area contributed by atoms with Gasteiger partial charge in [-0.15, -0.1) is 0 Å². The largest absolute Gasteiger partial charge is 0.460 e. The van der Waals surface area contributed by atoms with Gasteiger partial charge in [-0.1, -0.05) is 51.2 Å². The molecule has 0 heterocycles. The summed E-state index contributed by atoms with van der Waals surface area (Å²) in [6.45, 7) is 3.91. The third-order valence-corrected chi connectivity index (χ3v) is 5.86. The summed E-state index contributed by atoms with van der Waals surface area (Å²) < 4.78 is 4.69. The number of ketones is 2. The molecule has 0 radical (unpaired) electrons. The summed E-state index contributed by atoms with van der Waals surface area (Å²) in [6, 6.07) is 0. The molecule has 1 rings (SSSR count). The molecule has 0 aliphatic heterocycles. The number of carbonyl (C=O) groups is 4. The number of hydrogen-bond acceptors (Lipinski definition) is 6. The second kappa shape index (κ2) is 14.2. The van der Waals surface area contributed by atoms with Gasteiger partial charge >= 0.3 is 5.97 Å². The fourth-order valence-electron chi connectivity index (χ4n) is 4.00. The van der Waals surface area contributed by atoms with E-state index in [2.05, 4.69) is 4.74 Å². The Morgan fingerprint density at radius 1 is 1.17 bits per heavy atom. The molecular formula is C24H38O6. The van der Waals surface area contributed by atoms with E-state index in [1.165, 1.54) is 0 Å². The Kier molecular flexibility index (Phi) is 12.4. The molecule has 3 atom stereocenters. The zero-order valence-corrected chi connectivity index (χ0v) is 18.6. The highest BCUT2D eigenvalue weighted by molar-refractivity contribution is 6.33. The number of rotatable bonds is 16. The fourth-order valence-corrected chi connectivity index (χ4v) is 4.00. The summed E-state index contributed by atoms with van der Waals surface area (Å²) >= 11 is 0. The molecule has 1 aliphatic carbocycles. The molecule has 0 aromatic carbocycles. The summed E-state index contributed by atoms with van der Waals surface area (Å²) in [6.07, 6.45) is 12.7. The van der Waals surface area contributed by atoms with E-state index in [9.17, 15) is 24.3 Å². The molecule has 0 bridgehead atoms. The third-order valence-electron chi connectivity index (χ3n) is 5.86. The average molecular weight is 423 g/mol. The summed E-state index contributed by atoms with van der Waals surface area (Å²) in [4.78, 5) is 46.3. The lowest BCUT2D eigenvalue weighted by Gasteiger charge is -2.20. The van der Waals surface area contributed by atoms with E-state index in [4.69, 9.17) is 0 Å². The molecule has 170 valence electrons. The van der Waals surface area contributed by atoms with Crippen molar-refractivity contribution in [1.29, 1.82) is 0 Å². The van der Waals surface area contributed by atoms with Crippen molar-refractivity contribution in [1.82, 2.24) is 0 Å². The Bertz CT molecular complexity index is 597. The molecular weight excluding hydrogens is 384 g/mol. The lowest BCUT2D eigenvalue weighted by atomic mass is 9.88. The number of esters is 1. The molecule has 6 heteroatoms. The minimum atomic E-state index is -1.30. The molecule has 0 spiro atoms. The van der Waals surface area contributed by atoms with Crippen molar-refractivity contribution < 1.29 is 29.0 Å². The van der Waals surface area contributed by atoms with Gasteiger partial charge in [-0.2, -0.15) is 0 Å². The lowest BCUT2D eigenvalue weighted by molar-refractivity contribution is -0.153. The van der Waals surface area contributed by atoms with Crippen molar-refractivity contribution in [3.8, 4) is 0 Å². The van der Waals surface area contributed by atoms with Crippen LogP contribution in [-0.2, 0) is 23.9 Å². The van der Waals surface area contributed by atoms with E-state index in [-0.39, 0.29) is 24.9 Å². The van der Waals surface area contributed by atoms with Gasteiger partial charge in [-0.3, -0.25) is 9.59 Å². The van der Waals surface area contributed by atoms with E-state index in [0.717, 1.165) is 44.9 Å². The van der Waals surface area contributed by atoms with Crippen LogP contribution in [0.5, 0.6) is 0 Å². The molecule has 1 aliphatic rings. The highest BCUT2D eigenvalue weighted by Crippen LogP contribution is 2.34. The number of allylic oxidation sites excluding steroid dienone is 1. The Hall–Kier alpha value is -1.82. The van der Waals surface area contributed by atoms with Crippen LogP contribution in [0, 0.1) is 11.8 Å². The van der Waals surface area contributed by atoms with Crippen molar-refractivity contribution in [2.45, 2.75) is 96.5 Å². The van der Waals surface area contributed by atoms with Crippen molar-refractivity contribution in [3.05, 3.63) is 12.2 Å². The van der Waals surface area contributed by atoms with E-state index < -0.39 is 17.4 Å². The predicted molar refractivity (Wildman–Crippen MR) is 115 cm³/mol. The van der Waals surface area contributed by atoms with Gasteiger partial charge in [0.25, 0.3) is 0 Å². The van der Waals surface area contributed by atoms with Gasteiger partial charge in [0.2, 0.25) is 5.78 Å². The van der Waals surface area contributed by atoms with Crippen molar-refractivity contribution in [2.75, 3.05) is 6.61 Å². The van der Waals surface area contributed by atoms with Gasteiger partial charge in [0, 0.05) is 25.2 Å². The third kappa shape index (κ3) is 9.33. The van der Waals surface area contributed by atoms with Crippen LogP contribution >= 0.6 is 0 Å². The normalized spacial score (nSPS) is 21.0. The van der Waals surface area contributed by atoms with Gasteiger partial charge in [0.05, 0.1) is 6.61 Å². The fraction of sp³-hybridized carbons (Fsp3) is 0.750. The van der Waals surface area contributed by atoms with Gasteiger partial charge in [0.1, 0.15) is 11.4 Å². The number of Topliss-reactive ketones (excluding diaryl/α,β-unsaturated/α-hetero) is 2. The zero-order chi connectivity index (χ0) is 22.4. The van der Waals surface area contributed by atoms with Crippen LogP contribution in [0.1, 0.15) is 90.9 Å². The minimum Gasteiger partial charge on any atom is -0.460 e. The number of unbranched alkanes of at least 4 members (excludes halogenated alkanes) is 4. The van der Waals surface area contributed by atoms with Crippen molar-refractivity contribution in [3.63, 3.8) is 0 Å². The first-order valence-electron chi connectivity index (χ1n) is 11.4. The SMILES string of the molecule is CCCCC(O)(C=O)C/C=C/[C@H]1CCC(=O)[C@@H]1CCCCCCC(=O)C(=O)OCC. The summed E-state index contributed by atoms with van der Waals surface area (Å²) in [7, 11) is 0. The van der Waals surface area contributed by atoms with Gasteiger partial charge in [-0.05, 0) is 38.5 Å². The van der Waals surface area contributed by atoms with Crippen LogP contribution in [0.15, 0.2) is 12.2 Å². The Labute approximate surface area is 180 Å². The van der Waals surface area contributed by atoms with Crippen LogP contribution in [-0.4, -0.2) is 41.1 Å². The van der Waals surface area contributed by atoms with Crippen LogP contribution in [0.4, 0.5) is 0 Å². The topological polar surface area (TPSA) is 97.7 Å². The molecule has 6 nitrogen and oxygen atoms in total. The van der Waals surface area contributed by atoms with Gasteiger partial charge in [-0.25, -0.2) is 4.79 Å². The molecule has 1 saturated carbocycles. The van der Waals surface area contributed by atoms with Crippen LogP contribution in [0.25, 0.3) is 0 Å². The smallest absolute Gasteiger partial charge is 0.374 e. The van der Waals surface area contributed by atoms with Gasteiger partial charge < -0.3 is 14.6 Å². The Balaban J connectivity index is 2.35. The van der Waals surface area contributed by atoms with E-state index >= 15 is 0 Å². The van der Waals surface area contributed by atoms with E-state index in [1.807, 2.05) is 19.1 Å². The monoisotopic (exact) mass is 422 g/mol. The van der Waals surface area contributed by atoms with E-state index in [0.29, 0.717) is 37.8 Å². The van der Waals surface area contributed by atoms with Crippen LogP contribution in [0.2, 0.25) is 0 Å². The first-order valence-corrected chi connectivity index (χ1v) is 11.4. The maximum atomic E-state index is 12.3. The number of aliphatic hydroxyl groups is 1. The number of ether oxygens (including phenoxy) is 1. The van der Waals surface area contributed by atoms with Crippen molar-refractivity contribution >= 4 is 23.8 Å². The van der Waals surface area contributed by atoms with Crippen molar-refractivity contribution in [2.24, 2.45) is 11.8 Å². The Morgan fingerprint density at radius 2 is 1.90 bits per heavy atom. The second-order valence-corrected chi connectivity index (χ2v) is 8.33. The molecule has 0 aromatic heterocycles. The zero-order valence-electron chi connectivity index (χ0n) is 18.6. The highest BCUT2D eigenvalue weighted by Gasteiger charge is 2.32. The first kappa shape index (κ1) is 26.2. The van der Waals surface area contributed by atoms with Crippen LogP contribution < -0.4 is 0 Å². The summed E-state index contributed by atoms with van der Waals surface area (Å²) in [5.41, 5.74) is -1.30. The Morgan fingerprint density at radius 3 is 2.57 bits per heavy atom. The number of carbonyl (C=O) groups excluding carboxylic acids is 4. The highest BCUT2D eigenvalue weighted by atomic mass is 16.5. The molecule has 1 N–H and O–H groups in total. The lowest BCUT2D eigenvalue weighted by Crippen LogP contribution is -2.29. The first-order chi connectivity index (χ1) is 14.4. The molecule has 1 fully saturated rings. The molecule has 1 unspecified atom stereocenters. The molecule has 0 amide bonds. The van der Waals surface area contributed by atoms with Gasteiger partial charge in [0.15, 0.2) is 6.29 Å². The maximum absolute atomic E-state index is 12.3. The summed E-state index contributed by atoms with van der Waals surface area (Å²) in [5, 5.41) is 10.3. The molecule has 0 saturated heterocycles. The molecule has 30 heavy (non-hydrogen) atoms.